The molecule has 2 heterocycles. The Bertz CT molecular complexity index is 376. The first-order valence-corrected chi connectivity index (χ1v) is 7.17. The summed E-state index contributed by atoms with van der Waals surface area (Å²) in [6.07, 6.45) is 7.13. The van der Waals surface area contributed by atoms with Crippen LogP contribution >= 0.6 is 0 Å². The van der Waals surface area contributed by atoms with Gasteiger partial charge in [0.1, 0.15) is 5.82 Å². The van der Waals surface area contributed by atoms with Gasteiger partial charge in [0.2, 0.25) is 0 Å². The molecule has 2 rings (SSSR count). The molecule has 18 heavy (non-hydrogen) atoms. The lowest BCUT2D eigenvalue weighted by Crippen LogP contribution is -2.25. The Morgan fingerprint density at radius 3 is 3.00 bits per heavy atom. The third kappa shape index (κ3) is 3.22. The number of hydrogen-bond acceptors (Lipinski definition) is 3. The summed E-state index contributed by atoms with van der Waals surface area (Å²) >= 11 is 0. The summed E-state index contributed by atoms with van der Waals surface area (Å²) < 4.78 is 0. The summed E-state index contributed by atoms with van der Waals surface area (Å²) in [5, 5.41) is 0. The van der Waals surface area contributed by atoms with Gasteiger partial charge in [0.05, 0.1) is 0 Å². The van der Waals surface area contributed by atoms with Gasteiger partial charge in [-0.2, -0.15) is 0 Å². The summed E-state index contributed by atoms with van der Waals surface area (Å²) in [4.78, 5) is 6.93. The highest BCUT2D eigenvalue weighted by Gasteiger charge is 2.17. The number of aromatic nitrogens is 1. The molecular weight excluding hydrogens is 222 g/mol. The van der Waals surface area contributed by atoms with E-state index in [4.69, 9.17) is 5.73 Å². The molecule has 2 atom stereocenters. The molecule has 0 spiro atoms. The highest BCUT2D eigenvalue weighted by Crippen LogP contribution is 2.24. The molecule has 1 aliphatic rings. The second-order valence-electron chi connectivity index (χ2n) is 5.43. The van der Waals surface area contributed by atoms with E-state index in [-0.39, 0.29) is 6.04 Å². The van der Waals surface area contributed by atoms with Crippen LogP contribution in [-0.2, 0) is 0 Å². The highest BCUT2D eigenvalue weighted by molar-refractivity contribution is 5.41. The molecule has 1 unspecified atom stereocenters. The van der Waals surface area contributed by atoms with Crippen molar-refractivity contribution in [1.29, 1.82) is 0 Å². The molecule has 1 aromatic rings. The maximum absolute atomic E-state index is 5.94. The SMILES string of the molecule is CCC1CCCN(c2cc([C@H](C)N)ccn2)CC1. The van der Waals surface area contributed by atoms with Crippen molar-refractivity contribution >= 4 is 5.82 Å². The molecule has 0 aromatic carbocycles. The van der Waals surface area contributed by atoms with Crippen molar-refractivity contribution in [3.8, 4) is 0 Å². The minimum Gasteiger partial charge on any atom is -0.357 e. The average molecular weight is 247 g/mol. The summed E-state index contributed by atoms with van der Waals surface area (Å²) in [6.45, 7) is 6.59. The molecule has 1 saturated heterocycles. The van der Waals surface area contributed by atoms with Gasteiger partial charge in [0, 0.05) is 25.3 Å². The second kappa shape index (κ2) is 6.19. The van der Waals surface area contributed by atoms with Gasteiger partial charge in [-0.1, -0.05) is 13.3 Å². The first kappa shape index (κ1) is 13.3. The fourth-order valence-electron chi connectivity index (χ4n) is 2.69. The van der Waals surface area contributed by atoms with Gasteiger partial charge in [-0.15, -0.1) is 0 Å². The molecule has 3 nitrogen and oxygen atoms in total. The van der Waals surface area contributed by atoms with E-state index >= 15 is 0 Å². The third-order valence-corrected chi connectivity index (χ3v) is 4.04. The molecule has 0 bridgehead atoms. The number of hydrogen-bond donors (Lipinski definition) is 1. The third-order valence-electron chi connectivity index (χ3n) is 4.04. The Kier molecular flexibility index (Phi) is 4.59. The quantitative estimate of drug-likeness (QED) is 0.892. The van der Waals surface area contributed by atoms with Crippen molar-refractivity contribution in [1.82, 2.24) is 4.98 Å². The number of nitrogens with two attached hydrogens (primary N) is 1. The highest BCUT2D eigenvalue weighted by atomic mass is 15.2. The Morgan fingerprint density at radius 1 is 1.44 bits per heavy atom. The maximum atomic E-state index is 5.94. The van der Waals surface area contributed by atoms with Crippen LogP contribution in [0.4, 0.5) is 5.82 Å². The van der Waals surface area contributed by atoms with Gasteiger partial charge in [-0.05, 0) is 49.8 Å². The standard InChI is InChI=1S/C15H25N3/c1-3-13-5-4-9-18(10-7-13)15-11-14(12(2)16)6-8-17-15/h6,8,11-13H,3-5,7,9-10,16H2,1-2H3/t12-,13?/m0/s1. The Morgan fingerprint density at radius 2 is 2.28 bits per heavy atom. The van der Waals surface area contributed by atoms with E-state index in [1.165, 1.54) is 31.2 Å². The van der Waals surface area contributed by atoms with Crippen LogP contribution in [0.25, 0.3) is 0 Å². The first-order chi connectivity index (χ1) is 8.70. The minimum atomic E-state index is 0.0853. The Balaban J connectivity index is 2.08. The Labute approximate surface area is 110 Å². The minimum absolute atomic E-state index is 0.0853. The number of pyridine rings is 1. The average Bonchev–Trinajstić information content (AvgIpc) is 2.64. The lowest BCUT2D eigenvalue weighted by atomic mass is 9.98. The summed E-state index contributed by atoms with van der Waals surface area (Å²) in [5.41, 5.74) is 7.12. The molecule has 1 aliphatic heterocycles. The molecule has 0 saturated carbocycles. The van der Waals surface area contributed by atoms with Crippen molar-refractivity contribution < 1.29 is 0 Å². The number of nitrogens with zero attached hydrogens (tertiary/aromatic N) is 2. The van der Waals surface area contributed by atoms with Crippen molar-refractivity contribution in [2.45, 2.75) is 45.6 Å². The van der Waals surface area contributed by atoms with E-state index in [9.17, 15) is 0 Å². The molecule has 3 heteroatoms. The first-order valence-electron chi connectivity index (χ1n) is 7.17. The van der Waals surface area contributed by atoms with Crippen molar-refractivity contribution in [2.75, 3.05) is 18.0 Å². The molecule has 2 N–H and O–H groups in total. The van der Waals surface area contributed by atoms with Crippen LogP contribution in [-0.4, -0.2) is 18.1 Å². The van der Waals surface area contributed by atoms with Gasteiger partial charge < -0.3 is 10.6 Å². The smallest absolute Gasteiger partial charge is 0.128 e. The maximum Gasteiger partial charge on any atom is 0.128 e. The van der Waals surface area contributed by atoms with E-state index in [1.807, 2.05) is 19.2 Å². The van der Waals surface area contributed by atoms with Gasteiger partial charge in [0.15, 0.2) is 0 Å². The van der Waals surface area contributed by atoms with Crippen LogP contribution < -0.4 is 10.6 Å². The number of anilines is 1. The molecule has 0 radical (unpaired) electrons. The van der Waals surface area contributed by atoms with E-state index in [0.717, 1.165) is 24.8 Å². The van der Waals surface area contributed by atoms with Gasteiger partial charge >= 0.3 is 0 Å². The zero-order valence-electron chi connectivity index (χ0n) is 11.6. The lowest BCUT2D eigenvalue weighted by Gasteiger charge is -2.22. The molecule has 0 aliphatic carbocycles. The van der Waals surface area contributed by atoms with Crippen LogP contribution in [0, 0.1) is 5.92 Å². The molecule has 1 fully saturated rings. The fraction of sp³-hybridized carbons (Fsp3) is 0.667. The molecular formula is C15H25N3. The van der Waals surface area contributed by atoms with Crippen molar-refractivity contribution in [2.24, 2.45) is 11.7 Å². The van der Waals surface area contributed by atoms with Gasteiger partial charge in [-0.25, -0.2) is 4.98 Å². The largest absolute Gasteiger partial charge is 0.357 e. The van der Waals surface area contributed by atoms with E-state index in [2.05, 4.69) is 22.9 Å². The predicted octanol–water partition coefficient (Wildman–Crippen LogP) is 3.12. The van der Waals surface area contributed by atoms with Crippen molar-refractivity contribution in [3.63, 3.8) is 0 Å². The summed E-state index contributed by atoms with van der Waals surface area (Å²) in [6, 6.07) is 4.25. The monoisotopic (exact) mass is 247 g/mol. The lowest BCUT2D eigenvalue weighted by molar-refractivity contribution is 0.459. The predicted molar refractivity (Wildman–Crippen MR) is 76.7 cm³/mol. The fourth-order valence-corrected chi connectivity index (χ4v) is 2.69. The van der Waals surface area contributed by atoms with Crippen LogP contribution in [0.3, 0.4) is 0 Å². The molecule has 0 amide bonds. The normalized spacial score (nSPS) is 22.6. The Hall–Kier alpha value is -1.09. The van der Waals surface area contributed by atoms with Gasteiger partial charge in [0.25, 0.3) is 0 Å². The topological polar surface area (TPSA) is 42.1 Å². The van der Waals surface area contributed by atoms with Crippen LogP contribution in [0.2, 0.25) is 0 Å². The second-order valence-corrected chi connectivity index (χ2v) is 5.43. The zero-order valence-corrected chi connectivity index (χ0v) is 11.6. The van der Waals surface area contributed by atoms with Crippen LogP contribution in [0.1, 0.15) is 51.1 Å². The summed E-state index contributed by atoms with van der Waals surface area (Å²) in [5.74, 6) is 1.99. The van der Waals surface area contributed by atoms with E-state index in [0.29, 0.717) is 0 Å². The zero-order chi connectivity index (χ0) is 13.0. The van der Waals surface area contributed by atoms with Crippen molar-refractivity contribution in [3.05, 3.63) is 23.9 Å². The van der Waals surface area contributed by atoms with Crippen LogP contribution in [0.15, 0.2) is 18.3 Å². The van der Waals surface area contributed by atoms with Gasteiger partial charge in [-0.3, -0.25) is 0 Å². The van der Waals surface area contributed by atoms with Crippen LogP contribution in [0.5, 0.6) is 0 Å². The number of rotatable bonds is 3. The molecule has 100 valence electrons. The van der Waals surface area contributed by atoms with E-state index < -0.39 is 0 Å². The molecule has 1 aromatic heterocycles. The van der Waals surface area contributed by atoms with E-state index in [1.54, 1.807) is 0 Å². The summed E-state index contributed by atoms with van der Waals surface area (Å²) in [7, 11) is 0.